The molecule has 250 valence electrons. The number of methoxy groups -OCH3 is 1. The van der Waals surface area contributed by atoms with Crippen LogP contribution in [-0.4, -0.2) is 63.3 Å². The summed E-state index contributed by atoms with van der Waals surface area (Å²) in [5.74, 6) is 2.40. The lowest BCUT2D eigenvalue weighted by Gasteiger charge is -2.22. The third-order valence-electron chi connectivity index (χ3n) is 7.67. The van der Waals surface area contributed by atoms with Crippen molar-refractivity contribution in [2.75, 3.05) is 46.6 Å². The van der Waals surface area contributed by atoms with E-state index in [1.807, 2.05) is 57.2 Å². The second-order valence-corrected chi connectivity index (χ2v) is 13.0. The van der Waals surface area contributed by atoms with Gasteiger partial charge in [-0.2, -0.15) is 0 Å². The van der Waals surface area contributed by atoms with E-state index in [1.165, 1.54) is 60.5 Å². The quantitative estimate of drug-likeness (QED) is 0.151. The first-order valence-corrected chi connectivity index (χ1v) is 17.9. The van der Waals surface area contributed by atoms with Crippen LogP contribution in [0.1, 0.15) is 82.9 Å². The zero-order valence-corrected chi connectivity index (χ0v) is 30.6. The van der Waals surface area contributed by atoms with Crippen LogP contribution in [0.3, 0.4) is 0 Å². The molecule has 0 spiro atoms. The first-order valence-electron chi connectivity index (χ1n) is 16.7. The van der Waals surface area contributed by atoms with Gasteiger partial charge in [0.2, 0.25) is 0 Å². The number of nitrogens with one attached hydrogen (secondary N) is 1. The van der Waals surface area contributed by atoms with Crippen LogP contribution in [0.25, 0.3) is 0 Å². The molecular weight excluding hydrogens is 575 g/mol. The highest BCUT2D eigenvalue weighted by atomic mass is 31.1. The molecule has 1 heterocycles. The number of Topliss-reactive ketones (excluding diaryl/α,β-unsaturated/α-hetero) is 1. The average molecular weight is 637 g/mol. The maximum atomic E-state index is 10.6. The number of rotatable bonds is 13. The molecule has 1 saturated heterocycles. The summed E-state index contributed by atoms with van der Waals surface area (Å²) in [6.07, 6.45) is 5.80. The molecule has 0 bridgehead atoms. The van der Waals surface area contributed by atoms with E-state index in [9.17, 15) is 4.79 Å². The summed E-state index contributed by atoms with van der Waals surface area (Å²) in [5, 5.41) is 5.15. The number of aryl methyl sites for hydroxylation is 2. The van der Waals surface area contributed by atoms with Crippen LogP contribution >= 0.6 is 8.58 Å². The minimum atomic E-state index is 0.159. The van der Waals surface area contributed by atoms with Gasteiger partial charge in [-0.05, 0) is 121 Å². The predicted molar refractivity (Wildman–Crippen MR) is 198 cm³/mol. The summed E-state index contributed by atoms with van der Waals surface area (Å²) < 4.78 is 10.6. The molecule has 0 radical (unpaired) electrons. The van der Waals surface area contributed by atoms with Gasteiger partial charge in [0.15, 0.2) is 0 Å². The first-order chi connectivity index (χ1) is 21.7. The Bertz CT molecular complexity index is 1140. The molecule has 1 aliphatic rings. The number of nitrogens with zero attached hydrogens (tertiary/aromatic N) is 1. The fraction of sp³-hybridized carbons (Fsp3) is 0.513. The van der Waals surface area contributed by atoms with Crippen molar-refractivity contribution in [2.24, 2.45) is 0 Å². The van der Waals surface area contributed by atoms with Crippen molar-refractivity contribution in [3.05, 3.63) is 89.5 Å². The van der Waals surface area contributed by atoms with E-state index in [4.69, 9.17) is 9.47 Å². The molecule has 1 fully saturated rings. The minimum absolute atomic E-state index is 0.159. The Labute approximate surface area is 277 Å². The van der Waals surface area contributed by atoms with Crippen LogP contribution in [0.4, 0.5) is 0 Å². The minimum Gasteiger partial charge on any atom is -0.497 e. The van der Waals surface area contributed by atoms with Crippen molar-refractivity contribution in [3.63, 3.8) is 0 Å². The molecule has 1 aliphatic heterocycles. The number of benzene rings is 3. The summed E-state index contributed by atoms with van der Waals surface area (Å²) in [6.45, 7) is 18.5. The van der Waals surface area contributed by atoms with Crippen molar-refractivity contribution in [1.82, 2.24) is 10.2 Å². The maximum absolute atomic E-state index is 10.6. The van der Waals surface area contributed by atoms with Crippen LogP contribution in [0.5, 0.6) is 11.5 Å². The summed E-state index contributed by atoms with van der Waals surface area (Å²) in [4.78, 5) is 13.0. The van der Waals surface area contributed by atoms with Crippen LogP contribution in [0.15, 0.2) is 72.8 Å². The zero-order valence-electron chi connectivity index (χ0n) is 29.6. The Hall–Kier alpha value is -2.72. The van der Waals surface area contributed by atoms with E-state index in [0.717, 1.165) is 26.6 Å². The fourth-order valence-corrected chi connectivity index (χ4v) is 5.56. The number of ketones is 1. The lowest BCUT2D eigenvalue weighted by molar-refractivity contribution is -0.117. The van der Waals surface area contributed by atoms with Gasteiger partial charge in [-0.1, -0.05) is 89.0 Å². The highest BCUT2D eigenvalue weighted by Gasteiger charge is 2.13. The van der Waals surface area contributed by atoms with Gasteiger partial charge in [0.25, 0.3) is 0 Å². The molecule has 0 saturated carbocycles. The largest absolute Gasteiger partial charge is 0.497 e. The standard InChI is InChI=1S/C21H30NOP.C11H14O2.C5H11N.C2H6/c1-16-6-12-21(13-7-16)24-15-5-14-22-18(3)17(2)19-8-10-20(23-4)11-9-19;1-9-3-5-11(6-4-9)13-8-7-10(2)12;1-6-4-2-3-5-6;1-2/h6-13,17-18,22,24H,5,14-15H2,1-4H3;3-6H,7-8H2,1-2H3;2-5H2,1H3;1-2H3. The zero-order chi connectivity index (χ0) is 33.5. The second kappa shape index (κ2) is 24.5. The number of hydrogen-bond acceptors (Lipinski definition) is 5. The molecule has 0 amide bonds. The van der Waals surface area contributed by atoms with E-state index >= 15 is 0 Å². The van der Waals surface area contributed by atoms with Gasteiger partial charge in [-0.3, -0.25) is 4.79 Å². The van der Waals surface area contributed by atoms with Gasteiger partial charge in [-0.25, -0.2) is 0 Å². The van der Waals surface area contributed by atoms with Crippen molar-refractivity contribution < 1.29 is 14.3 Å². The molecule has 3 atom stereocenters. The number of likely N-dealkylation sites (tertiary alicyclic amines) is 1. The Morgan fingerprint density at radius 1 is 0.867 bits per heavy atom. The van der Waals surface area contributed by atoms with Gasteiger partial charge >= 0.3 is 0 Å². The Morgan fingerprint density at radius 2 is 1.40 bits per heavy atom. The predicted octanol–water partition coefficient (Wildman–Crippen LogP) is 8.57. The molecule has 1 N–H and O–H groups in total. The van der Waals surface area contributed by atoms with Gasteiger partial charge in [0, 0.05) is 12.5 Å². The van der Waals surface area contributed by atoms with E-state index < -0.39 is 0 Å². The smallest absolute Gasteiger partial charge is 0.133 e. The normalized spacial score (nSPS) is 13.8. The summed E-state index contributed by atoms with van der Waals surface area (Å²) in [6, 6.07) is 25.6. The van der Waals surface area contributed by atoms with Crippen molar-refractivity contribution in [3.8, 4) is 11.5 Å². The van der Waals surface area contributed by atoms with E-state index in [-0.39, 0.29) is 5.78 Å². The van der Waals surface area contributed by atoms with Crippen LogP contribution in [0.2, 0.25) is 0 Å². The molecular formula is C39H61N2O3P. The molecule has 3 aromatic carbocycles. The number of carbonyl (C=O) groups excluding carboxylic acids is 1. The van der Waals surface area contributed by atoms with Crippen molar-refractivity contribution in [2.45, 2.75) is 86.1 Å². The van der Waals surface area contributed by atoms with Crippen molar-refractivity contribution in [1.29, 1.82) is 0 Å². The van der Waals surface area contributed by atoms with Crippen LogP contribution < -0.4 is 20.1 Å². The molecule has 0 aromatic heterocycles. The van der Waals surface area contributed by atoms with Gasteiger partial charge in [-0.15, -0.1) is 0 Å². The summed E-state index contributed by atoms with van der Waals surface area (Å²) in [7, 11) is 4.80. The number of carbonyl (C=O) groups is 1. The highest BCUT2D eigenvalue weighted by molar-refractivity contribution is 7.47. The van der Waals surface area contributed by atoms with Gasteiger partial charge < -0.3 is 19.7 Å². The van der Waals surface area contributed by atoms with E-state index in [2.05, 4.69) is 74.4 Å². The molecule has 5 nitrogen and oxygen atoms in total. The number of ether oxygens (including phenoxy) is 2. The SMILES string of the molecule is CC.CC(=O)CCOc1ccc(C)cc1.CN1CCCC1.COc1ccc(C(C)C(C)NCCCPc2ccc(C)cc2)cc1. The Kier molecular flexibility index (Phi) is 21.9. The van der Waals surface area contributed by atoms with Crippen molar-refractivity contribution >= 4 is 19.7 Å². The third-order valence-corrected chi connectivity index (χ3v) is 9.01. The van der Waals surface area contributed by atoms with Crippen LogP contribution in [0, 0.1) is 13.8 Å². The fourth-order valence-electron chi connectivity index (χ4n) is 4.52. The molecule has 6 heteroatoms. The first kappa shape index (κ1) is 40.3. The molecule has 3 unspecified atom stereocenters. The molecule has 4 rings (SSSR count). The lowest BCUT2D eigenvalue weighted by atomic mass is 9.94. The molecule has 45 heavy (non-hydrogen) atoms. The third kappa shape index (κ3) is 18.8. The Balaban J connectivity index is 0.000000399. The second-order valence-electron chi connectivity index (χ2n) is 11.6. The average Bonchev–Trinajstić information content (AvgIpc) is 3.54. The van der Waals surface area contributed by atoms with Crippen LogP contribution in [-0.2, 0) is 4.79 Å². The number of hydrogen-bond donors (Lipinski definition) is 1. The summed E-state index contributed by atoms with van der Waals surface area (Å²) >= 11 is 0. The lowest BCUT2D eigenvalue weighted by Crippen LogP contribution is -2.31. The van der Waals surface area contributed by atoms with Gasteiger partial charge in [0.1, 0.15) is 17.3 Å². The van der Waals surface area contributed by atoms with E-state index in [0.29, 0.717) is 25.0 Å². The summed E-state index contributed by atoms with van der Waals surface area (Å²) in [5.41, 5.74) is 3.91. The molecule has 3 aromatic rings. The Morgan fingerprint density at radius 3 is 1.89 bits per heavy atom. The van der Waals surface area contributed by atoms with Gasteiger partial charge in [0.05, 0.1) is 13.7 Å². The highest BCUT2D eigenvalue weighted by Crippen LogP contribution is 2.22. The monoisotopic (exact) mass is 636 g/mol. The molecule has 0 aliphatic carbocycles. The van der Waals surface area contributed by atoms with E-state index in [1.54, 1.807) is 14.0 Å². The topological polar surface area (TPSA) is 50.8 Å². The maximum Gasteiger partial charge on any atom is 0.133 e.